The Hall–Kier alpha value is -1.45. The topological polar surface area (TPSA) is 56.0 Å². The van der Waals surface area contributed by atoms with Gasteiger partial charge < -0.3 is 0 Å². The molecule has 4 nitrogen and oxygen atoms in total. The van der Waals surface area contributed by atoms with E-state index in [1.807, 2.05) is 0 Å². The van der Waals surface area contributed by atoms with Crippen molar-refractivity contribution in [2.75, 3.05) is 0 Å². The lowest BCUT2D eigenvalue weighted by atomic mass is 10.0. The van der Waals surface area contributed by atoms with Crippen LogP contribution in [0.25, 0.3) is 0 Å². The average Bonchev–Trinajstić information content (AvgIpc) is 2.71. The van der Waals surface area contributed by atoms with Crippen molar-refractivity contribution in [2.24, 2.45) is 0 Å². The zero-order chi connectivity index (χ0) is 9.97. The van der Waals surface area contributed by atoms with Crippen LogP contribution < -0.4 is 0 Å². The van der Waals surface area contributed by atoms with Crippen molar-refractivity contribution in [1.82, 2.24) is 4.98 Å². The summed E-state index contributed by atoms with van der Waals surface area (Å²) in [6.45, 7) is 0. The highest BCUT2D eigenvalue weighted by Crippen LogP contribution is 2.33. The van der Waals surface area contributed by atoms with E-state index >= 15 is 0 Å². The quantitative estimate of drug-likeness (QED) is 0.534. The van der Waals surface area contributed by atoms with Crippen molar-refractivity contribution in [3.8, 4) is 0 Å². The lowest BCUT2D eigenvalue weighted by Crippen LogP contribution is -1.97. The van der Waals surface area contributed by atoms with Gasteiger partial charge >= 0.3 is 0 Å². The lowest BCUT2D eigenvalue weighted by molar-refractivity contribution is -0.385. The van der Waals surface area contributed by atoms with Gasteiger partial charge in [0, 0.05) is 17.7 Å². The number of nitro groups is 1. The molecule has 0 spiro atoms. The normalized spacial score (nSPS) is 17.1. The molecule has 1 aromatic heterocycles. The second-order valence-electron chi connectivity index (χ2n) is 3.68. The van der Waals surface area contributed by atoms with Crippen molar-refractivity contribution in [3.05, 3.63) is 34.1 Å². The maximum atomic E-state index is 10.4. The molecule has 1 aromatic rings. The molecule has 4 heteroatoms. The maximum Gasteiger partial charge on any atom is 0.287 e. The van der Waals surface area contributed by atoms with Gasteiger partial charge in [-0.15, -0.1) is 0 Å². The van der Waals surface area contributed by atoms with Crippen molar-refractivity contribution in [1.29, 1.82) is 0 Å². The number of hydrogen-bond acceptors (Lipinski definition) is 3. The van der Waals surface area contributed by atoms with E-state index in [-0.39, 0.29) is 5.69 Å². The molecular formula is C10H12N2O2. The maximum absolute atomic E-state index is 10.4. The van der Waals surface area contributed by atoms with Crippen LogP contribution in [0.1, 0.15) is 37.3 Å². The summed E-state index contributed by atoms with van der Waals surface area (Å²) in [5, 5.41) is 10.4. The van der Waals surface area contributed by atoms with E-state index in [0.717, 1.165) is 5.69 Å². The molecule has 2 rings (SSSR count). The van der Waals surface area contributed by atoms with Crippen molar-refractivity contribution in [3.63, 3.8) is 0 Å². The molecule has 0 bridgehead atoms. The summed E-state index contributed by atoms with van der Waals surface area (Å²) in [4.78, 5) is 14.1. The van der Waals surface area contributed by atoms with E-state index in [9.17, 15) is 10.1 Å². The molecule has 1 aliphatic rings. The van der Waals surface area contributed by atoms with Crippen LogP contribution in [0.5, 0.6) is 0 Å². The first-order valence-electron chi connectivity index (χ1n) is 4.88. The van der Waals surface area contributed by atoms with Crippen LogP contribution >= 0.6 is 0 Å². The van der Waals surface area contributed by atoms with Gasteiger partial charge in [0.2, 0.25) is 0 Å². The highest BCUT2D eigenvalue weighted by molar-refractivity contribution is 5.28. The molecule has 0 radical (unpaired) electrons. The van der Waals surface area contributed by atoms with Gasteiger partial charge in [0.05, 0.1) is 4.92 Å². The fraction of sp³-hybridized carbons (Fsp3) is 0.500. The SMILES string of the molecule is O=[N+]([O-])c1ccc(C2CCCC2)nc1. The molecule has 0 N–H and O–H groups in total. The monoisotopic (exact) mass is 192 g/mol. The Morgan fingerprint density at radius 2 is 2.07 bits per heavy atom. The third kappa shape index (κ3) is 1.73. The minimum absolute atomic E-state index is 0.0757. The van der Waals surface area contributed by atoms with Crippen molar-refractivity contribution in [2.45, 2.75) is 31.6 Å². The molecule has 74 valence electrons. The van der Waals surface area contributed by atoms with Crippen LogP contribution in [0.15, 0.2) is 18.3 Å². The molecule has 14 heavy (non-hydrogen) atoms. The molecule has 1 fully saturated rings. The number of aromatic nitrogens is 1. The van der Waals surface area contributed by atoms with E-state index in [2.05, 4.69) is 4.98 Å². The van der Waals surface area contributed by atoms with E-state index < -0.39 is 4.92 Å². The predicted molar refractivity (Wildman–Crippen MR) is 52.1 cm³/mol. The molecule has 1 heterocycles. The van der Waals surface area contributed by atoms with E-state index in [1.165, 1.54) is 31.9 Å². The van der Waals surface area contributed by atoms with Crippen LogP contribution in [0.2, 0.25) is 0 Å². The highest BCUT2D eigenvalue weighted by atomic mass is 16.6. The second kappa shape index (κ2) is 3.74. The summed E-state index contributed by atoms with van der Waals surface area (Å²) >= 11 is 0. The number of nitrogens with zero attached hydrogens (tertiary/aromatic N) is 2. The molecule has 1 aliphatic carbocycles. The van der Waals surface area contributed by atoms with Gasteiger partial charge in [0.15, 0.2) is 0 Å². The predicted octanol–water partition coefficient (Wildman–Crippen LogP) is 2.65. The molecule has 0 aromatic carbocycles. The Morgan fingerprint density at radius 3 is 2.57 bits per heavy atom. The molecule has 0 amide bonds. The molecular weight excluding hydrogens is 180 g/mol. The highest BCUT2D eigenvalue weighted by Gasteiger charge is 2.18. The summed E-state index contributed by atoms with van der Waals surface area (Å²) in [7, 11) is 0. The Morgan fingerprint density at radius 1 is 1.36 bits per heavy atom. The van der Waals surface area contributed by atoms with Gasteiger partial charge in [-0.25, -0.2) is 0 Å². The first-order valence-corrected chi connectivity index (χ1v) is 4.88. The molecule has 0 aliphatic heterocycles. The smallest absolute Gasteiger partial charge is 0.258 e. The largest absolute Gasteiger partial charge is 0.287 e. The zero-order valence-corrected chi connectivity index (χ0v) is 7.85. The van der Waals surface area contributed by atoms with Gasteiger partial charge in [-0.1, -0.05) is 12.8 Å². The summed E-state index contributed by atoms with van der Waals surface area (Å²) in [5.74, 6) is 0.524. The second-order valence-corrected chi connectivity index (χ2v) is 3.68. The summed E-state index contributed by atoms with van der Waals surface area (Å²) in [5.41, 5.74) is 1.08. The van der Waals surface area contributed by atoms with Crippen molar-refractivity contribution < 1.29 is 4.92 Å². The van der Waals surface area contributed by atoms with Crippen LogP contribution in [0.3, 0.4) is 0 Å². The minimum Gasteiger partial charge on any atom is -0.258 e. The van der Waals surface area contributed by atoms with Crippen LogP contribution in [-0.4, -0.2) is 9.91 Å². The molecule has 1 saturated carbocycles. The Labute approximate surface area is 82.1 Å². The van der Waals surface area contributed by atoms with Gasteiger partial charge in [-0.05, 0) is 18.9 Å². The summed E-state index contributed by atoms with van der Waals surface area (Å²) in [6.07, 6.45) is 6.20. The van der Waals surface area contributed by atoms with Gasteiger partial charge in [-0.3, -0.25) is 15.1 Å². The van der Waals surface area contributed by atoms with Crippen molar-refractivity contribution >= 4 is 5.69 Å². The average molecular weight is 192 g/mol. The number of hydrogen-bond donors (Lipinski definition) is 0. The van der Waals surface area contributed by atoms with Crippen LogP contribution in [-0.2, 0) is 0 Å². The fourth-order valence-electron chi connectivity index (χ4n) is 1.97. The first kappa shape index (κ1) is 9.12. The van der Waals surface area contributed by atoms with Gasteiger partial charge in [-0.2, -0.15) is 0 Å². The zero-order valence-electron chi connectivity index (χ0n) is 7.85. The summed E-state index contributed by atoms with van der Waals surface area (Å²) in [6, 6.07) is 3.33. The van der Waals surface area contributed by atoms with Crippen LogP contribution in [0.4, 0.5) is 5.69 Å². The Balaban J connectivity index is 2.16. The number of pyridine rings is 1. The molecule has 0 atom stereocenters. The van der Waals surface area contributed by atoms with Crippen LogP contribution in [0, 0.1) is 10.1 Å². The standard InChI is InChI=1S/C10H12N2O2/c13-12(14)9-5-6-10(11-7-9)8-3-1-2-4-8/h5-8H,1-4H2. The molecule has 0 saturated heterocycles. The minimum atomic E-state index is -0.411. The molecule has 0 unspecified atom stereocenters. The number of rotatable bonds is 2. The third-order valence-electron chi connectivity index (χ3n) is 2.76. The Bertz CT molecular complexity index is 328. The van der Waals surface area contributed by atoms with E-state index in [1.54, 1.807) is 12.1 Å². The third-order valence-corrected chi connectivity index (χ3v) is 2.76. The van der Waals surface area contributed by atoms with E-state index in [0.29, 0.717) is 5.92 Å². The lowest BCUT2D eigenvalue weighted by Gasteiger charge is -2.06. The van der Waals surface area contributed by atoms with Gasteiger partial charge in [0.25, 0.3) is 5.69 Å². The Kier molecular flexibility index (Phi) is 2.43. The first-order chi connectivity index (χ1) is 6.77. The summed E-state index contributed by atoms with van der Waals surface area (Å²) < 4.78 is 0. The fourth-order valence-corrected chi connectivity index (χ4v) is 1.97. The van der Waals surface area contributed by atoms with E-state index in [4.69, 9.17) is 0 Å². The van der Waals surface area contributed by atoms with Gasteiger partial charge in [0.1, 0.15) is 6.20 Å².